The summed E-state index contributed by atoms with van der Waals surface area (Å²) >= 11 is 0. The minimum absolute atomic E-state index is 0.0196. The van der Waals surface area contributed by atoms with Gasteiger partial charge in [-0.15, -0.1) is 0 Å². The van der Waals surface area contributed by atoms with E-state index >= 15 is 0 Å². The molecule has 0 amide bonds. The zero-order chi connectivity index (χ0) is 22.2. The van der Waals surface area contributed by atoms with Gasteiger partial charge < -0.3 is 29.8 Å². The highest BCUT2D eigenvalue weighted by molar-refractivity contribution is 5.79. The van der Waals surface area contributed by atoms with Crippen molar-refractivity contribution in [1.82, 2.24) is 20.2 Å². The third-order valence-electron chi connectivity index (χ3n) is 4.75. The van der Waals surface area contributed by atoms with E-state index in [0.717, 1.165) is 35.1 Å². The number of nitrogens with zero attached hydrogens (tertiary/aromatic N) is 3. The summed E-state index contributed by atoms with van der Waals surface area (Å²) in [6.07, 6.45) is 1.84. The Morgan fingerprint density at radius 3 is 2.45 bits per heavy atom. The molecular formula is C23H29N5O3. The van der Waals surface area contributed by atoms with Crippen molar-refractivity contribution < 1.29 is 14.6 Å². The molecule has 0 radical (unpaired) electrons. The Morgan fingerprint density at radius 1 is 1.16 bits per heavy atom. The second-order valence-corrected chi connectivity index (χ2v) is 6.98. The number of imidazole rings is 1. The Kier molecular flexibility index (Phi) is 7.37. The number of aromatic nitrogens is 2. The van der Waals surface area contributed by atoms with E-state index in [-0.39, 0.29) is 5.75 Å². The second kappa shape index (κ2) is 10.4. The van der Waals surface area contributed by atoms with Crippen molar-refractivity contribution in [1.29, 1.82) is 0 Å². The molecule has 1 heterocycles. The molecular weight excluding hydrogens is 394 g/mol. The molecule has 31 heavy (non-hydrogen) atoms. The molecule has 0 unspecified atom stereocenters. The molecule has 0 bridgehead atoms. The molecule has 0 atom stereocenters. The molecule has 0 fully saturated rings. The first-order valence-corrected chi connectivity index (χ1v) is 10.1. The van der Waals surface area contributed by atoms with Crippen molar-refractivity contribution >= 4 is 5.96 Å². The lowest BCUT2D eigenvalue weighted by molar-refractivity contribution is 0.339. The van der Waals surface area contributed by atoms with E-state index in [4.69, 9.17) is 14.5 Å². The molecule has 0 saturated heterocycles. The number of rotatable bonds is 8. The van der Waals surface area contributed by atoms with E-state index in [0.29, 0.717) is 24.6 Å². The summed E-state index contributed by atoms with van der Waals surface area (Å²) in [4.78, 5) is 14.6. The lowest BCUT2D eigenvalue weighted by Crippen LogP contribution is -2.38. The standard InChI is InChI=1S/C23H29N5O3/c1-5-24-23(26-13-16-11-19(30-3)22(29)20(12-16)31-4)28(2)15-21-25-14-18(27-21)17-9-7-6-8-10-17/h6-12,14,29H,5,13,15H2,1-4H3,(H,24,26)(H,25,27). The number of aromatic amines is 1. The summed E-state index contributed by atoms with van der Waals surface area (Å²) in [6.45, 7) is 3.73. The normalized spacial score (nSPS) is 11.3. The first-order chi connectivity index (χ1) is 15.0. The zero-order valence-electron chi connectivity index (χ0n) is 18.3. The molecule has 0 aliphatic heterocycles. The van der Waals surface area contributed by atoms with Crippen LogP contribution in [0.2, 0.25) is 0 Å². The van der Waals surface area contributed by atoms with Gasteiger partial charge in [0.05, 0.1) is 39.2 Å². The molecule has 0 aliphatic rings. The molecule has 0 saturated carbocycles. The number of aromatic hydroxyl groups is 1. The van der Waals surface area contributed by atoms with Crippen LogP contribution in [0.1, 0.15) is 18.3 Å². The van der Waals surface area contributed by atoms with Crippen LogP contribution in [0, 0.1) is 0 Å². The van der Waals surface area contributed by atoms with Crippen molar-refractivity contribution in [3.63, 3.8) is 0 Å². The zero-order valence-corrected chi connectivity index (χ0v) is 18.3. The van der Waals surface area contributed by atoms with E-state index in [1.54, 1.807) is 12.1 Å². The number of hydrogen-bond donors (Lipinski definition) is 3. The number of nitrogens with one attached hydrogen (secondary N) is 2. The fraction of sp³-hybridized carbons (Fsp3) is 0.304. The van der Waals surface area contributed by atoms with Gasteiger partial charge in [0.15, 0.2) is 17.5 Å². The van der Waals surface area contributed by atoms with Crippen LogP contribution in [0.4, 0.5) is 0 Å². The molecule has 164 valence electrons. The van der Waals surface area contributed by atoms with E-state index in [2.05, 4.69) is 15.3 Å². The van der Waals surface area contributed by atoms with Gasteiger partial charge in [0.2, 0.25) is 5.75 Å². The Labute approximate surface area is 182 Å². The van der Waals surface area contributed by atoms with Gasteiger partial charge in [-0.05, 0) is 30.2 Å². The quantitative estimate of drug-likeness (QED) is 0.380. The van der Waals surface area contributed by atoms with Crippen molar-refractivity contribution in [3.8, 4) is 28.5 Å². The smallest absolute Gasteiger partial charge is 0.200 e. The predicted molar refractivity (Wildman–Crippen MR) is 122 cm³/mol. The Morgan fingerprint density at radius 2 is 1.84 bits per heavy atom. The molecule has 3 rings (SSSR count). The monoisotopic (exact) mass is 423 g/mol. The first kappa shape index (κ1) is 22.0. The van der Waals surface area contributed by atoms with Crippen LogP contribution in [0.3, 0.4) is 0 Å². The summed E-state index contributed by atoms with van der Waals surface area (Å²) in [5.41, 5.74) is 2.94. The number of hydrogen-bond acceptors (Lipinski definition) is 5. The lowest BCUT2D eigenvalue weighted by atomic mass is 10.2. The third-order valence-corrected chi connectivity index (χ3v) is 4.75. The molecule has 8 nitrogen and oxygen atoms in total. The Balaban J connectivity index is 1.74. The van der Waals surface area contributed by atoms with Crippen LogP contribution in [0.25, 0.3) is 11.3 Å². The van der Waals surface area contributed by atoms with Crippen LogP contribution in [-0.4, -0.2) is 53.7 Å². The summed E-state index contributed by atoms with van der Waals surface area (Å²) in [7, 11) is 4.98. The minimum atomic E-state index is -0.0196. The number of phenolic OH excluding ortho intramolecular Hbond substituents is 1. The average molecular weight is 424 g/mol. The van der Waals surface area contributed by atoms with Gasteiger partial charge in [-0.1, -0.05) is 30.3 Å². The third kappa shape index (κ3) is 5.48. The molecule has 3 aromatic rings. The number of H-pyrrole nitrogens is 1. The van der Waals surface area contributed by atoms with Crippen LogP contribution in [-0.2, 0) is 13.1 Å². The van der Waals surface area contributed by atoms with Gasteiger partial charge >= 0.3 is 0 Å². The summed E-state index contributed by atoms with van der Waals surface area (Å²) in [5, 5.41) is 13.4. The van der Waals surface area contributed by atoms with Gasteiger partial charge in [0.1, 0.15) is 5.82 Å². The van der Waals surface area contributed by atoms with Crippen molar-refractivity contribution in [2.45, 2.75) is 20.0 Å². The van der Waals surface area contributed by atoms with Crippen molar-refractivity contribution in [2.24, 2.45) is 4.99 Å². The highest BCUT2D eigenvalue weighted by Gasteiger charge is 2.13. The van der Waals surface area contributed by atoms with Crippen molar-refractivity contribution in [2.75, 3.05) is 27.8 Å². The van der Waals surface area contributed by atoms with Crippen LogP contribution >= 0.6 is 0 Å². The first-order valence-electron chi connectivity index (χ1n) is 10.1. The Bertz CT molecular complexity index is 992. The summed E-state index contributed by atoms with van der Waals surface area (Å²) in [6, 6.07) is 13.6. The Hall–Kier alpha value is -3.68. The lowest BCUT2D eigenvalue weighted by Gasteiger charge is -2.21. The number of phenols is 1. The maximum Gasteiger partial charge on any atom is 0.200 e. The van der Waals surface area contributed by atoms with Gasteiger partial charge in [0.25, 0.3) is 0 Å². The molecule has 1 aromatic heterocycles. The van der Waals surface area contributed by atoms with E-state index in [9.17, 15) is 5.11 Å². The molecule has 8 heteroatoms. The maximum absolute atomic E-state index is 10.1. The molecule has 0 spiro atoms. The number of guanidine groups is 1. The van der Waals surface area contributed by atoms with E-state index < -0.39 is 0 Å². The molecule has 0 aliphatic carbocycles. The largest absolute Gasteiger partial charge is 0.502 e. The highest BCUT2D eigenvalue weighted by atomic mass is 16.5. The fourth-order valence-electron chi connectivity index (χ4n) is 3.18. The molecule has 3 N–H and O–H groups in total. The van der Waals surface area contributed by atoms with Gasteiger partial charge in [0, 0.05) is 13.6 Å². The van der Waals surface area contributed by atoms with E-state index in [1.807, 2.05) is 55.4 Å². The van der Waals surface area contributed by atoms with E-state index in [1.165, 1.54) is 14.2 Å². The number of aliphatic imine (C=N–C) groups is 1. The average Bonchev–Trinajstić information content (AvgIpc) is 3.26. The summed E-state index contributed by atoms with van der Waals surface area (Å²) < 4.78 is 10.5. The number of ether oxygens (including phenoxy) is 2. The summed E-state index contributed by atoms with van der Waals surface area (Å²) in [5.74, 6) is 2.28. The second-order valence-electron chi connectivity index (χ2n) is 6.98. The van der Waals surface area contributed by atoms with Gasteiger partial charge in [-0.25, -0.2) is 9.98 Å². The fourth-order valence-corrected chi connectivity index (χ4v) is 3.18. The SMILES string of the molecule is CCNC(=NCc1cc(OC)c(O)c(OC)c1)N(C)Cc1ncc(-c2ccccc2)[nH]1. The van der Waals surface area contributed by atoms with Gasteiger partial charge in [-0.2, -0.15) is 0 Å². The number of methoxy groups -OCH3 is 2. The van der Waals surface area contributed by atoms with Crippen LogP contribution in [0.15, 0.2) is 53.7 Å². The van der Waals surface area contributed by atoms with Crippen molar-refractivity contribution in [3.05, 3.63) is 60.0 Å². The van der Waals surface area contributed by atoms with Gasteiger partial charge in [-0.3, -0.25) is 0 Å². The maximum atomic E-state index is 10.1. The predicted octanol–water partition coefficient (Wildman–Crippen LogP) is 3.40. The topological polar surface area (TPSA) is 95.0 Å². The van der Waals surface area contributed by atoms with Crippen LogP contribution < -0.4 is 14.8 Å². The minimum Gasteiger partial charge on any atom is -0.502 e. The number of benzene rings is 2. The van der Waals surface area contributed by atoms with Crippen LogP contribution in [0.5, 0.6) is 17.2 Å². The molecule has 2 aromatic carbocycles. The highest BCUT2D eigenvalue weighted by Crippen LogP contribution is 2.37.